The maximum absolute atomic E-state index is 2.45. The molecule has 0 amide bonds. The highest BCUT2D eigenvalue weighted by atomic mass is 15.0. The Morgan fingerprint density at radius 3 is 0.982 bits per heavy atom. The van der Waals surface area contributed by atoms with Gasteiger partial charge in [-0.05, 0) is 119 Å². The van der Waals surface area contributed by atoms with Crippen LogP contribution in [0.25, 0.3) is 116 Å². The van der Waals surface area contributed by atoms with Gasteiger partial charge in [-0.1, -0.05) is 182 Å². The summed E-state index contributed by atoms with van der Waals surface area (Å²) in [6, 6.07) is 78.4. The smallest absolute Gasteiger partial charge is 0.0541 e. The summed E-state index contributed by atoms with van der Waals surface area (Å²) in [6.07, 6.45) is 0. The monoisotopic (exact) mass is 721 g/mol. The molecule has 0 N–H and O–H groups in total. The van der Waals surface area contributed by atoms with Crippen LogP contribution >= 0.6 is 0 Å². The zero-order valence-electron chi connectivity index (χ0n) is 31.2. The van der Waals surface area contributed by atoms with E-state index < -0.39 is 0 Å². The van der Waals surface area contributed by atoms with Crippen LogP contribution in [0.2, 0.25) is 0 Å². The van der Waals surface area contributed by atoms with Gasteiger partial charge in [0.15, 0.2) is 0 Å². The average molecular weight is 722 g/mol. The highest BCUT2D eigenvalue weighted by Crippen LogP contribution is 2.50. The molecule has 12 rings (SSSR count). The second kappa shape index (κ2) is 12.5. The fourth-order valence-corrected chi connectivity index (χ4v) is 9.74. The van der Waals surface area contributed by atoms with Crippen LogP contribution in [0, 0.1) is 0 Å². The van der Waals surface area contributed by atoms with Gasteiger partial charge in [-0.3, -0.25) is 0 Å². The van der Waals surface area contributed by atoms with E-state index in [0.717, 1.165) is 5.69 Å². The molecular weight excluding hydrogens is 687 g/mol. The molecule has 0 saturated carbocycles. The van der Waals surface area contributed by atoms with Gasteiger partial charge in [-0.2, -0.15) is 0 Å². The van der Waals surface area contributed by atoms with Crippen LogP contribution < -0.4 is 0 Å². The summed E-state index contributed by atoms with van der Waals surface area (Å²) >= 11 is 0. The van der Waals surface area contributed by atoms with Crippen molar-refractivity contribution in [3.8, 4) is 72.4 Å². The first-order valence-electron chi connectivity index (χ1n) is 19.8. The van der Waals surface area contributed by atoms with Gasteiger partial charge in [0.2, 0.25) is 0 Å². The lowest BCUT2D eigenvalue weighted by Gasteiger charge is -2.24. The lowest BCUT2D eigenvalue weighted by molar-refractivity contribution is 1.18. The minimum Gasteiger partial charge on any atom is -0.309 e. The van der Waals surface area contributed by atoms with E-state index in [1.807, 2.05) is 0 Å². The lowest BCUT2D eigenvalue weighted by atomic mass is 9.79. The maximum Gasteiger partial charge on any atom is 0.0541 e. The molecule has 1 aliphatic carbocycles. The molecule has 0 radical (unpaired) electrons. The van der Waals surface area contributed by atoms with Crippen molar-refractivity contribution in [2.45, 2.75) is 0 Å². The summed E-state index contributed by atoms with van der Waals surface area (Å²) in [5.41, 5.74) is 18.6. The number of hydrogen-bond acceptors (Lipinski definition) is 0. The topological polar surface area (TPSA) is 4.93 Å². The number of aromatic nitrogens is 1. The van der Waals surface area contributed by atoms with Crippen LogP contribution in [0.1, 0.15) is 0 Å². The predicted molar refractivity (Wildman–Crippen MR) is 242 cm³/mol. The molecule has 0 fully saturated rings. The molecule has 0 atom stereocenters. The van der Waals surface area contributed by atoms with Crippen LogP contribution in [0.3, 0.4) is 0 Å². The van der Waals surface area contributed by atoms with Crippen molar-refractivity contribution < 1.29 is 0 Å². The third-order valence-electron chi connectivity index (χ3n) is 12.2. The van der Waals surface area contributed by atoms with E-state index in [1.54, 1.807) is 0 Å². The Balaban J connectivity index is 1.08. The summed E-state index contributed by atoms with van der Waals surface area (Å²) in [5.74, 6) is 0. The lowest BCUT2D eigenvalue weighted by Crippen LogP contribution is -1.98. The van der Waals surface area contributed by atoms with Crippen LogP contribution in [0.5, 0.6) is 0 Å². The molecule has 0 spiro atoms. The van der Waals surface area contributed by atoms with E-state index in [-0.39, 0.29) is 0 Å². The SMILES string of the molecule is c1ccc2c(c1)-c1ccccc1-c1ccc(-c3c4ccccc4c(-c4ccc(-n5c6ccccc6c6ccccc65)cc4)c4ccccc34)cc1-c1ccccc1-2. The number of para-hydroxylation sites is 2. The third-order valence-corrected chi connectivity index (χ3v) is 12.2. The Labute approximate surface area is 331 Å². The molecular formula is C56H35N. The van der Waals surface area contributed by atoms with Crippen LogP contribution in [0.15, 0.2) is 212 Å². The molecule has 1 aromatic heterocycles. The van der Waals surface area contributed by atoms with Crippen molar-refractivity contribution in [2.24, 2.45) is 0 Å². The minimum atomic E-state index is 1.16. The number of rotatable bonds is 3. The summed E-state index contributed by atoms with van der Waals surface area (Å²) in [5, 5.41) is 7.56. The molecule has 0 unspecified atom stereocenters. The Morgan fingerprint density at radius 1 is 0.228 bits per heavy atom. The first kappa shape index (κ1) is 31.8. The second-order valence-electron chi connectivity index (χ2n) is 15.2. The van der Waals surface area contributed by atoms with Gasteiger partial charge in [0.1, 0.15) is 0 Å². The molecule has 0 bridgehead atoms. The molecule has 1 aliphatic rings. The van der Waals surface area contributed by atoms with Gasteiger partial charge < -0.3 is 4.57 Å². The standard InChI is InChI=1S/C56H35N/c1-2-16-40-39(15-1)41-17-3-4-19-43(41)45-34-31-37(35-52(45)44-20-6-5-18-42(40)44)56-50-25-9-7-23-48(50)55(49-24-8-10-26-51(49)56)36-29-32-38(33-30-36)57-53-27-13-11-21-46(53)47-22-12-14-28-54(47)57/h1-35H. The molecule has 264 valence electrons. The molecule has 1 heterocycles. The Bertz CT molecular complexity index is 3280. The summed E-state index contributed by atoms with van der Waals surface area (Å²) in [6.45, 7) is 0. The van der Waals surface area contributed by atoms with Crippen molar-refractivity contribution >= 4 is 43.4 Å². The molecule has 1 nitrogen and oxygen atoms in total. The van der Waals surface area contributed by atoms with Gasteiger partial charge in [0.05, 0.1) is 11.0 Å². The average Bonchev–Trinajstić information content (AvgIpc) is 3.62. The number of hydrogen-bond donors (Lipinski definition) is 0. The molecule has 10 aromatic carbocycles. The second-order valence-corrected chi connectivity index (χ2v) is 15.2. The maximum atomic E-state index is 2.45. The molecule has 11 aromatic rings. The predicted octanol–water partition coefficient (Wildman–Crippen LogP) is 15.4. The van der Waals surface area contributed by atoms with Gasteiger partial charge in [-0.15, -0.1) is 0 Å². The highest BCUT2D eigenvalue weighted by Gasteiger charge is 2.23. The van der Waals surface area contributed by atoms with Gasteiger partial charge in [0, 0.05) is 16.5 Å². The zero-order chi connectivity index (χ0) is 37.5. The summed E-state index contributed by atoms with van der Waals surface area (Å²) < 4.78 is 2.39. The molecule has 0 aliphatic heterocycles. The number of benzene rings is 10. The normalized spacial score (nSPS) is 11.9. The van der Waals surface area contributed by atoms with Gasteiger partial charge in [0.25, 0.3) is 0 Å². The van der Waals surface area contributed by atoms with Crippen molar-refractivity contribution in [1.82, 2.24) is 4.57 Å². The Morgan fingerprint density at radius 2 is 0.544 bits per heavy atom. The van der Waals surface area contributed by atoms with Crippen molar-refractivity contribution in [3.63, 3.8) is 0 Å². The van der Waals surface area contributed by atoms with Crippen LogP contribution in [-0.4, -0.2) is 4.57 Å². The summed E-state index contributed by atoms with van der Waals surface area (Å²) in [4.78, 5) is 0. The van der Waals surface area contributed by atoms with Crippen LogP contribution in [-0.2, 0) is 0 Å². The number of nitrogens with zero attached hydrogens (tertiary/aromatic N) is 1. The van der Waals surface area contributed by atoms with E-state index in [4.69, 9.17) is 0 Å². The van der Waals surface area contributed by atoms with Crippen LogP contribution in [0.4, 0.5) is 0 Å². The first-order chi connectivity index (χ1) is 28.3. The largest absolute Gasteiger partial charge is 0.309 e. The summed E-state index contributed by atoms with van der Waals surface area (Å²) in [7, 11) is 0. The third kappa shape index (κ3) is 4.76. The van der Waals surface area contributed by atoms with E-state index >= 15 is 0 Å². The first-order valence-corrected chi connectivity index (χ1v) is 19.8. The van der Waals surface area contributed by atoms with Crippen molar-refractivity contribution in [1.29, 1.82) is 0 Å². The molecule has 0 saturated heterocycles. The fraction of sp³-hybridized carbons (Fsp3) is 0. The Kier molecular flexibility index (Phi) is 7.00. The van der Waals surface area contributed by atoms with E-state index in [0.29, 0.717) is 0 Å². The van der Waals surface area contributed by atoms with E-state index in [1.165, 1.54) is 110 Å². The van der Waals surface area contributed by atoms with E-state index in [9.17, 15) is 0 Å². The minimum absolute atomic E-state index is 1.16. The molecule has 1 heteroatoms. The fourth-order valence-electron chi connectivity index (χ4n) is 9.74. The van der Waals surface area contributed by atoms with Gasteiger partial charge in [-0.25, -0.2) is 0 Å². The van der Waals surface area contributed by atoms with E-state index in [2.05, 4.69) is 217 Å². The highest BCUT2D eigenvalue weighted by molar-refractivity contribution is 6.22. The van der Waals surface area contributed by atoms with Crippen molar-refractivity contribution in [3.05, 3.63) is 212 Å². The quantitative estimate of drug-likeness (QED) is 0.160. The Hall–Kier alpha value is -7.48. The zero-order valence-corrected chi connectivity index (χ0v) is 31.2. The van der Waals surface area contributed by atoms with Gasteiger partial charge >= 0.3 is 0 Å². The molecule has 57 heavy (non-hydrogen) atoms. The van der Waals surface area contributed by atoms with Crippen molar-refractivity contribution in [2.75, 3.05) is 0 Å². The number of fused-ring (bicyclic) bond motifs is 13.